The molecule has 0 N–H and O–H groups in total. The van der Waals surface area contributed by atoms with E-state index in [1.54, 1.807) is 29.2 Å². The molecule has 0 bridgehead atoms. The lowest BCUT2D eigenvalue weighted by molar-refractivity contribution is -0.137. The van der Waals surface area contributed by atoms with Gasteiger partial charge in [0.15, 0.2) is 0 Å². The fourth-order valence-electron chi connectivity index (χ4n) is 3.31. The Kier molecular flexibility index (Phi) is 5.34. The number of carbonyl (C=O) groups is 1. The molecule has 3 heterocycles. The van der Waals surface area contributed by atoms with E-state index in [4.69, 9.17) is 0 Å². The van der Waals surface area contributed by atoms with Crippen molar-refractivity contribution in [1.29, 1.82) is 0 Å². The minimum absolute atomic E-state index is 0.0968. The van der Waals surface area contributed by atoms with Crippen molar-refractivity contribution in [2.75, 3.05) is 31.1 Å². The summed E-state index contributed by atoms with van der Waals surface area (Å²) in [6, 6.07) is 9.37. The minimum atomic E-state index is -4.41. The van der Waals surface area contributed by atoms with Crippen molar-refractivity contribution in [3.63, 3.8) is 0 Å². The molecule has 1 fully saturated rings. The molecule has 8 nitrogen and oxygen atoms in total. The number of anilines is 1. The number of alkyl halides is 3. The Morgan fingerprint density at radius 1 is 0.967 bits per heavy atom. The van der Waals surface area contributed by atoms with Gasteiger partial charge in [0.25, 0.3) is 5.91 Å². The van der Waals surface area contributed by atoms with Crippen molar-refractivity contribution in [2.24, 2.45) is 0 Å². The van der Waals surface area contributed by atoms with Gasteiger partial charge in [-0.15, -0.1) is 5.10 Å². The number of halogens is 3. The van der Waals surface area contributed by atoms with E-state index in [1.165, 1.54) is 17.1 Å². The lowest BCUT2D eigenvalue weighted by atomic mass is 10.1. The molecule has 1 saturated heterocycles. The van der Waals surface area contributed by atoms with Crippen LogP contribution in [0.5, 0.6) is 0 Å². The number of hydrogen-bond donors (Lipinski definition) is 0. The van der Waals surface area contributed by atoms with Gasteiger partial charge in [-0.25, -0.2) is 9.67 Å². The average Bonchev–Trinajstić information content (AvgIpc) is 3.17. The second-order valence-electron chi connectivity index (χ2n) is 6.84. The Balaban J connectivity index is 1.40. The molecule has 0 spiro atoms. The lowest BCUT2D eigenvalue weighted by Crippen LogP contribution is -2.35. The third-order valence-corrected chi connectivity index (χ3v) is 4.91. The third kappa shape index (κ3) is 4.24. The summed E-state index contributed by atoms with van der Waals surface area (Å²) in [6.07, 6.45) is -1.41. The van der Waals surface area contributed by atoms with E-state index in [-0.39, 0.29) is 5.91 Å². The maximum atomic E-state index is 12.9. The molecule has 4 rings (SSSR count). The highest BCUT2D eigenvalue weighted by atomic mass is 19.4. The first-order valence-corrected chi connectivity index (χ1v) is 9.33. The Hall–Kier alpha value is -3.50. The highest BCUT2D eigenvalue weighted by molar-refractivity contribution is 5.94. The average molecular weight is 417 g/mol. The van der Waals surface area contributed by atoms with Gasteiger partial charge in [-0.05, 0) is 53.2 Å². The molecule has 0 atom stereocenters. The zero-order valence-electron chi connectivity index (χ0n) is 15.8. The van der Waals surface area contributed by atoms with E-state index in [9.17, 15) is 18.0 Å². The summed E-state index contributed by atoms with van der Waals surface area (Å²) in [5.41, 5.74) is 0.517. The molecule has 1 amide bonds. The second kappa shape index (κ2) is 8.09. The van der Waals surface area contributed by atoms with Crippen LogP contribution in [0.4, 0.5) is 19.0 Å². The van der Waals surface area contributed by atoms with E-state index < -0.39 is 11.7 Å². The Morgan fingerprint density at radius 3 is 2.40 bits per heavy atom. The van der Waals surface area contributed by atoms with Gasteiger partial charge in [0.05, 0.1) is 11.3 Å². The van der Waals surface area contributed by atoms with Gasteiger partial charge >= 0.3 is 6.18 Å². The maximum absolute atomic E-state index is 12.9. The van der Waals surface area contributed by atoms with Crippen LogP contribution in [0.15, 0.2) is 48.9 Å². The van der Waals surface area contributed by atoms with E-state index in [0.29, 0.717) is 44.0 Å². The Labute approximate surface area is 169 Å². The number of nitrogens with zero attached hydrogens (tertiary/aromatic N) is 7. The predicted molar refractivity (Wildman–Crippen MR) is 101 cm³/mol. The van der Waals surface area contributed by atoms with Crippen molar-refractivity contribution in [2.45, 2.75) is 12.6 Å². The standard InChI is InChI=1S/C19H18F3N7O/c20-19(21,22)15-4-7-17(23-12-15)27-8-1-9-28(11-10-27)18(30)14-2-5-16(6-3-14)29-13-24-25-26-29/h2-7,12-13H,1,8-11H2. The van der Waals surface area contributed by atoms with Gasteiger partial charge < -0.3 is 9.80 Å². The summed E-state index contributed by atoms with van der Waals surface area (Å²) in [5, 5.41) is 11.0. The van der Waals surface area contributed by atoms with E-state index in [0.717, 1.165) is 18.0 Å². The van der Waals surface area contributed by atoms with Crippen LogP contribution in [0, 0.1) is 0 Å². The van der Waals surface area contributed by atoms with Gasteiger partial charge in [-0.1, -0.05) is 0 Å². The summed E-state index contributed by atoms with van der Waals surface area (Å²) >= 11 is 0. The summed E-state index contributed by atoms with van der Waals surface area (Å²) in [7, 11) is 0. The largest absolute Gasteiger partial charge is 0.417 e. The number of pyridine rings is 1. The van der Waals surface area contributed by atoms with Crippen molar-refractivity contribution >= 4 is 11.7 Å². The molecule has 2 aromatic heterocycles. The minimum Gasteiger partial charge on any atom is -0.355 e. The van der Waals surface area contributed by atoms with Crippen molar-refractivity contribution in [1.82, 2.24) is 30.1 Å². The molecule has 0 radical (unpaired) electrons. The molecule has 1 aromatic carbocycles. The molecule has 0 aliphatic carbocycles. The fourth-order valence-corrected chi connectivity index (χ4v) is 3.31. The number of benzene rings is 1. The summed E-state index contributed by atoms with van der Waals surface area (Å²) in [4.78, 5) is 20.5. The molecule has 0 saturated carbocycles. The molecule has 0 unspecified atom stereocenters. The molecule has 156 valence electrons. The molecular formula is C19H18F3N7O. The molecule has 1 aliphatic heterocycles. The van der Waals surface area contributed by atoms with Gasteiger partial charge in [0.2, 0.25) is 0 Å². The van der Waals surface area contributed by atoms with E-state index in [2.05, 4.69) is 20.5 Å². The van der Waals surface area contributed by atoms with Gasteiger partial charge in [-0.2, -0.15) is 13.2 Å². The van der Waals surface area contributed by atoms with Gasteiger partial charge in [0, 0.05) is 37.9 Å². The van der Waals surface area contributed by atoms with Crippen LogP contribution in [0.1, 0.15) is 22.3 Å². The molecule has 1 aliphatic rings. The quantitative estimate of drug-likeness (QED) is 0.651. The predicted octanol–water partition coefficient (Wildman–Crippen LogP) is 2.43. The number of rotatable bonds is 3. The van der Waals surface area contributed by atoms with E-state index in [1.807, 2.05) is 4.90 Å². The second-order valence-corrected chi connectivity index (χ2v) is 6.84. The number of carbonyl (C=O) groups excluding carboxylic acids is 1. The number of amides is 1. The highest BCUT2D eigenvalue weighted by Gasteiger charge is 2.31. The van der Waals surface area contributed by atoms with E-state index >= 15 is 0 Å². The lowest BCUT2D eigenvalue weighted by Gasteiger charge is -2.23. The van der Waals surface area contributed by atoms with Crippen LogP contribution in [0.3, 0.4) is 0 Å². The van der Waals surface area contributed by atoms with Crippen LogP contribution in [-0.4, -0.2) is 62.2 Å². The first-order chi connectivity index (χ1) is 14.4. The first kappa shape index (κ1) is 19.8. The van der Waals surface area contributed by atoms with Crippen LogP contribution in [0.25, 0.3) is 5.69 Å². The summed E-state index contributed by atoms with van der Waals surface area (Å²) in [5.74, 6) is 0.378. The SMILES string of the molecule is O=C(c1ccc(-n2cnnn2)cc1)N1CCCN(c2ccc(C(F)(F)F)cn2)CC1. The zero-order valence-corrected chi connectivity index (χ0v) is 15.8. The van der Waals surface area contributed by atoms with Crippen LogP contribution in [0.2, 0.25) is 0 Å². The van der Waals surface area contributed by atoms with Gasteiger partial charge in [0.1, 0.15) is 12.1 Å². The molecule has 30 heavy (non-hydrogen) atoms. The Morgan fingerprint density at radius 2 is 1.77 bits per heavy atom. The first-order valence-electron chi connectivity index (χ1n) is 9.33. The van der Waals surface area contributed by atoms with Crippen LogP contribution in [-0.2, 0) is 6.18 Å². The fraction of sp³-hybridized carbons (Fsp3) is 0.316. The topological polar surface area (TPSA) is 80.0 Å². The van der Waals surface area contributed by atoms with Crippen LogP contribution < -0.4 is 4.90 Å². The monoisotopic (exact) mass is 417 g/mol. The van der Waals surface area contributed by atoms with Crippen molar-refractivity contribution in [3.8, 4) is 5.69 Å². The highest BCUT2D eigenvalue weighted by Crippen LogP contribution is 2.29. The van der Waals surface area contributed by atoms with Crippen LogP contribution >= 0.6 is 0 Å². The molecule has 3 aromatic rings. The summed E-state index contributed by atoms with van der Waals surface area (Å²) < 4.78 is 39.7. The molecular weight excluding hydrogens is 399 g/mol. The normalized spacial score (nSPS) is 15.2. The Bertz CT molecular complexity index is 988. The van der Waals surface area contributed by atoms with Crippen molar-refractivity contribution < 1.29 is 18.0 Å². The number of hydrogen-bond acceptors (Lipinski definition) is 6. The molecule has 11 heteroatoms. The van der Waals surface area contributed by atoms with Gasteiger partial charge in [-0.3, -0.25) is 4.79 Å². The maximum Gasteiger partial charge on any atom is 0.417 e. The smallest absolute Gasteiger partial charge is 0.355 e. The summed E-state index contributed by atoms with van der Waals surface area (Å²) in [6.45, 7) is 2.12. The third-order valence-electron chi connectivity index (χ3n) is 4.91. The zero-order chi connectivity index (χ0) is 21.1. The van der Waals surface area contributed by atoms with Crippen molar-refractivity contribution in [3.05, 3.63) is 60.0 Å². The number of tetrazole rings is 1. The number of aromatic nitrogens is 5.